The summed E-state index contributed by atoms with van der Waals surface area (Å²) in [7, 11) is 1.88. The number of rotatable bonds is 5. The third-order valence-electron chi connectivity index (χ3n) is 5.06. The lowest BCUT2D eigenvalue weighted by Crippen LogP contribution is -2.19. The van der Waals surface area contributed by atoms with Gasteiger partial charge in [0.2, 0.25) is 0 Å². The molecule has 0 aliphatic heterocycles. The molecule has 0 saturated carbocycles. The molecule has 2 aromatic heterocycles. The molecule has 0 aliphatic carbocycles. The molecule has 1 N–H and O–H groups in total. The van der Waals surface area contributed by atoms with E-state index >= 15 is 4.39 Å². The first-order valence-electron chi connectivity index (χ1n) is 9.45. The molecule has 0 fully saturated rings. The van der Waals surface area contributed by atoms with Crippen molar-refractivity contribution in [2.45, 2.75) is 13.8 Å². The fourth-order valence-electron chi connectivity index (χ4n) is 3.29. The molecule has 0 bridgehead atoms. The summed E-state index contributed by atoms with van der Waals surface area (Å²) >= 11 is 0. The molecule has 152 valence electrons. The van der Waals surface area contributed by atoms with Gasteiger partial charge in [0, 0.05) is 36.8 Å². The largest absolute Gasteiger partial charge is 0.478 e. The smallest absolute Gasteiger partial charge is 0.338 e. The number of halogens is 1. The molecule has 2 heterocycles. The van der Waals surface area contributed by atoms with Crippen molar-refractivity contribution in [3.63, 3.8) is 0 Å². The Morgan fingerprint density at radius 3 is 2.63 bits per heavy atom. The van der Waals surface area contributed by atoms with Crippen LogP contribution in [-0.4, -0.2) is 44.4 Å². The van der Waals surface area contributed by atoms with Crippen LogP contribution in [0.15, 0.2) is 48.8 Å². The standard InChI is InChI=1S/C22H20FN5O2/c1-4-27(3)20-17-9-16(15-8-6-5-7-13(15)2)18(23)10-19(17)25-22(26-20)28-12-14(11-24-28)21(29)30/h5-12H,4H2,1-3H3,(H,29,30). The Hall–Kier alpha value is -3.81. The zero-order valence-corrected chi connectivity index (χ0v) is 16.8. The minimum Gasteiger partial charge on any atom is -0.478 e. The van der Waals surface area contributed by atoms with E-state index in [2.05, 4.69) is 15.1 Å². The molecule has 0 unspecified atom stereocenters. The van der Waals surface area contributed by atoms with Gasteiger partial charge in [-0.1, -0.05) is 24.3 Å². The minimum atomic E-state index is -1.10. The number of aromatic nitrogens is 4. The van der Waals surface area contributed by atoms with Crippen molar-refractivity contribution in [1.29, 1.82) is 0 Å². The topological polar surface area (TPSA) is 84.1 Å². The van der Waals surface area contributed by atoms with Gasteiger partial charge in [-0.25, -0.2) is 18.9 Å². The fourth-order valence-corrected chi connectivity index (χ4v) is 3.29. The van der Waals surface area contributed by atoms with E-state index in [4.69, 9.17) is 5.11 Å². The van der Waals surface area contributed by atoms with Gasteiger partial charge in [-0.3, -0.25) is 0 Å². The summed E-state index contributed by atoms with van der Waals surface area (Å²) in [5, 5.41) is 13.9. The monoisotopic (exact) mass is 405 g/mol. The molecule has 0 spiro atoms. The van der Waals surface area contributed by atoms with Crippen LogP contribution >= 0.6 is 0 Å². The zero-order valence-electron chi connectivity index (χ0n) is 16.8. The predicted octanol–water partition coefficient (Wildman–Crippen LogP) is 4.08. The molecular formula is C22H20FN5O2. The molecule has 4 rings (SSSR count). The molecule has 0 saturated heterocycles. The number of hydrogen-bond donors (Lipinski definition) is 1. The quantitative estimate of drug-likeness (QED) is 0.539. The predicted molar refractivity (Wildman–Crippen MR) is 113 cm³/mol. The van der Waals surface area contributed by atoms with Crippen LogP contribution in [0.4, 0.5) is 10.2 Å². The van der Waals surface area contributed by atoms with E-state index in [-0.39, 0.29) is 11.5 Å². The summed E-state index contributed by atoms with van der Waals surface area (Å²) in [4.78, 5) is 22.1. The van der Waals surface area contributed by atoms with Crippen molar-refractivity contribution in [1.82, 2.24) is 19.7 Å². The Morgan fingerprint density at radius 2 is 1.97 bits per heavy atom. The van der Waals surface area contributed by atoms with E-state index in [1.165, 1.54) is 23.1 Å². The number of anilines is 1. The molecular weight excluding hydrogens is 385 g/mol. The van der Waals surface area contributed by atoms with Crippen LogP contribution in [0.1, 0.15) is 22.8 Å². The number of carboxylic acid groups (broad SMARTS) is 1. The average Bonchev–Trinajstić information content (AvgIpc) is 3.23. The van der Waals surface area contributed by atoms with E-state index in [1.54, 1.807) is 6.07 Å². The van der Waals surface area contributed by atoms with Crippen LogP contribution in [0, 0.1) is 12.7 Å². The van der Waals surface area contributed by atoms with E-state index in [9.17, 15) is 4.79 Å². The van der Waals surface area contributed by atoms with Gasteiger partial charge in [0.05, 0.1) is 17.3 Å². The summed E-state index contributed by atoms with van der Waals surface area (Å²) in [5.74, 6) is -0.701. The van der Waals surface area contributed by atoms with Gasteiger partial charge in [-0.15, -0.1) is 0 Å². The van der Waals surface area contributed by atoms with E-state index in [0.717, 1.165) is 11.1 Å². The van der Waals surface area contributed by atoms with Crippen LogP contribution in [-0.2, 0) is 0 Å². The Kier molecular flexibility index (Phi) is 4.91. The SMILES string of the molecule is CCN(C)c1nc(-n2cc(C(=O)O)cn2)nc2cc(F)c(-c3ccccc3C)cc12. The molecule has 30 heavy (non-hydrogen) atoms. The zero-order chi connectivity index (χ0) is 21.4. The first-order valence-corrected chi connectivity index (χ1v) is 9.45. The normalized spacial score (nSPS) is 11.1. The number of aryl methyl sites for hydroxylation is 1. The lowest BCUT2D eigenvalue weighted by atomic mass is 9.98. The van der Waals surface area contributed by atoms with Crippen molar-refractivity contribution in [2.75, 3.05) is 18.5 Å². The highest BCUT2D eigenvalue weighted by atomic mass is 19.1. The number of fused-ring (bicyclic) bond motifs is 1. The van der Waals surface area contributed by atoms with Gasteiger partial charge in [-0.2, -0.15) is 10.1 Å². The van der Waals surface area contributed by atoms with Gasteiger partial charge in [0.25, 0.3) is 5.95 Å². The highest BCUT2D eigenvalue weighted by Gasteiger charge is 2.18. The van der Waals surface area contributed by atoms with Gasteiger partial charge >= 0.3 is 5.97 Å². The maximum absolute atomic E-state index is 15.1. The van der Waals surface area contributed by atoms with Crippen LogP contribution < -0.4 is 4.90 Å². The highest BCUT2D eigenvalue weighted by Crippen LogP contribution is 2.33. The van der Waals surface area contributed by atoms with Crippen LogP contribution in [0.3, 0.4) is 0 Å². The summed E-state index contributed by atoms with van der Waals surface area (Å²) in [6.07, 6.45) is 2.55. The van der Waals surface area contributed by atoms with Crippen molar-refractivity contribution < 1.29 is 14.3 Å². The number of aromatic carboxylic acids is 1. The third kappa shape index (κ3) is 3.36. The van der Waals surface area contributed by atoms with Crippen molar-refractivity contribution in [3.8, 4) is 17.1 Å². The number of nitrogens with zero attached hydrogens (tertiary/aromatic N) is 5. The second-order valence-corrected chi connectivity index (χ2v) is 7.00. The highest BCUT2D eigenvalue weighted by molar-refractivity contribution is 5.94. The van der Waals surface area contributed by atoms with Gasteiger partial charge < -0.3 is 10.0 Å². The molecule has 0 aliphatic rings. The lowest BCUT2D eigenvalue weighted by Gasteiger charge is -2.19. The molecule has 8 heteroatoms. The van der Waals surface area contributed by atoms with E-state index < -0.39 is 11.8 Å². The Bertz CT molecular complexity index is 1270. The second-order valence-electron chi connectivity index (χ2n) is 7.00. The van der Waals surface area contributed by atoms with Gasteiger partial charge in [-0.05, 0) is 31.0 Å². The van der Waals surface area contributed by atoms with Crippen molar-refractivity contribution in [2.24, 2.45) is 0 Å². The van der Waals surface area contributed by atoms with E-state index in [1.807, 2.05) is 50.1 Å². The maximum atomic E-state index is 15.1. The minimum absolute atomic E-state index is 0.0187. The van der Waals surface area contributed by atoms with Gasteiger partial charge in [0.15, 0.2) is 0 Å². The van der Waals surface area contributed by atoms with Crippen LogP contribution in [0.25, 0.3) is 28.0 Å². The molecule has 0 radical (unpaired) electrons. The average molecular weight is 405 g/mol. The van der Waals surface area contributed by atoms with Crippen molar-refractivity contribution in [3.05, 3.63) is 65.7 Å². The second kappa shape index (κ2) is 7.55. The number of carbonyl (C=O) groups is 1. The maximum Gasteiger partial charge on any atom is 0.338 e. The van der Waals surface area contributed by atoms with Crippen LogP contribution in [0.5, 0.6) is 0 Å². The number of hydrogen-bond acceptors (Lipinski definition) is 5. The summed E-state index contributed by atoms with van der Waals surface area (Å²) in [6.45, 7) is 4.59. The van der Waals surface area contributed by atoms with Crippen LogP contribution in [0.2, 0.25) is 0 Å². The molecule has 2 aromatic carbocycles. The Labute approximate surface area is 172 Å². The molecule has 0 atom stereocenters. The first-order chi connectivity index (χ1) is 14.4. The lowest BCUT2D eigenvalue weighted by molar-refractivity contribution is 0.0697. The molecule has 0 amide bonds. The van der Waals surface area contributed by atoms with Gasteiger partial charge in [0.1, 0.15) is 11.6 Å². The summed E-state index contributed by atoms with van der Waals surface area (Å²) < 4.78 is 16.4. The fraction of sp³-hybridized carbons (Fsp3) is 0.182. The molecule has 4 aromatic rings. The summed E-state index contributed by atoms with van der Waals surface area (Å²) in [5.41, 5.74) is 2.69. The number of benzene rings is 2. The Morgan fingerprint density at radius 1 is 1.20 bits per heavy atom. The Balaban J connectivity index is 1.96. The number of carboxylic acids is 1. The summed E-state index contributed by atoms with van der Waals surface area (Å²) in [6, 6.07) is 10.8. The first kappa shape index (κ1) is 19.5. The van der Waals surface area contributed by atoms with E-state index in [0.29, 0.717) is 28.8 Å². The van der Waals surface area contributed by atoms with Crippen molar-refractivity contribution >= 4 is 22.7 Å². The molecule has 7 nitrogen and oxygen atoms in total. The third-order valence-corrected chi connectivity index (χ3v) is 5.06.